The van der Waals surface area contributed by atoms with Crippen molar-refractivity contribution >= 4 is 22.6 Å². The molecule has 0 fully saturated rings. The van der Waals surface area contributed by atoms with Crippen LogP contribution in [0.4, 0.5) is 0 Å². The van der Waals surface area contributed by atoms with E-state index in [1.54, 1.807) is 0 Å². The molecule has 0 aliphatic heterocycles. The van der Waals surface area contributed by atoms with Gasteiger partial charge in [-0.2, -0.15) is 0 Å². The largest absolute Gasteiger partial charge is 0.494 e. The maximum atomic E-state index is 9.09. The average molecular weight is 345 g/mol. The van der Waals surface area contributed by atoms with E-state index >= 15 is 0 Å². The molecule has 0 spiro atoms. The number of benzene rings is 2. The molecule has 0 radical (unpaired) electrons. The van der Waals surface area contributed by atoms with Gasteiger partial charge in [-0.3, -0.25) is 0 Å². The van der Waals surface area contributed by atoms with Gasteiger partial charge in [0.25, 0.3) is 0 Å². The van der Waals surface area contributed by atoms with Crippen LogP contribution in [0.1, 0.15) is 18.7 Å². The average Bonchev–Trinajstić information content (AvgIpc) is 2.96. The Labute approximate surface area is 146 Å². The molecule has 0 bridgehead atoms. The zero-order valence-corrected chi connectivity index (χ0v) is 14.2. The first-order valence-corrected chi connectivity index (χ1v) is 8.59. The molecule has 24 heavy (non-hydrogen) atoms. The third-order valence-corrected chi connectivity index (χ3v) is 4.15. The standard InChI is InChI=1S/C19H21ClN2O2/c20-15-8-10-16(11-9-15)24-14-4-12-22-18-6-2-1-5-17(18)21-19(22)7-3-13-23/h1-2,5-6,8-11,23H,3-4,7,12-14H2. The van der Waals surface area contributed by atoms with Crippen LogP contribution >= 0.6 is 11.6 Å². The van der Waals surface area contributed by atoms with E-state index in [1.165, 1.54) is 0 Å². The van der Waals surface area contributed by atoms with Crippen molar-refractivity contribution in [3.8, 4) is 5.75 Å². The second kappa shape index (κ2) is 8.18. The monoisotopic (exact) mass is 344 g/mol. The van der Waals surface area contributed by atoms with Crippen LogP contribution < -0.4 is 4.74 Å². The molecule has 0 unspecified atom stereocenters. The van der Waals surface area contributed by atoms with Crippen molar-refractivity contribution in [1.29, 1.82) is 0 Å². The lowest BCUT2D eigenvalue weighted by Gasteiger charge is -2.10. The summed E-state index contributed by atoms with van der Waals surface area (Å²) in [5, 5.41) is 9.80. The van der Waals surface area contributed by atoms with Crippen molar-refractivity contribution in [2.24, 2.45) is 0 Å². The molecule has 126 valence electrons. The normalized spacial score (nSPS) is 11.1. The molecule has 4 nitrogen and oxygen atoms in total. The van der Waals surface area contributed by atoms with Crippen molar-refractivity contribution in [3.63, 3.8) is 0 Å². The number of imidazole rings is 1. The smallest absolute Gasteiger partial charge is 0.119 e. The molecule has 1 N–H and O–H groups in total. The zero-order valence-electron chi connectivity index (χ0n) is 13.5. The molecule has 5 heteroatoms. The molecular weight excluding hydrogens is 324 g/mol. The van der Waals surface area contributed by atoms with Crippen molar-refractivity contribution in [1.82, 2.24) is 9.55 Å². The van der Waals surface area contributed by atoms with Crippen molar-refractivity contribution in [2.75, 3.05) is 13.2 Å². The fraction of sp³-hybridized carbons (Fsp3) is 0.316. The molecule has 0 atom stereocenters. The van der Waals surface area contributed by atoms with E-state index in [0.717, 1.165) is 48.4 Å². The Morgan fingerprint density at radius 1 is 1.04 bits per heavy atom. The summed E-state index contributed by atoms with van der Waals surface area (Å²) in [6, 6.07) is 15.5. The molecule has 1 aromatic heterocycles. The van der Waals surface area contributed by atoms with Crippen LogP contribution in [0.3, 0.4) is 0 Å². The quantitative estimate of drug-likeness (QED) is 0.626. The number of aryl methyl sites for hydroxylation is 2. The highest BCUT2D eigenvalue weighted by molar-refractivity contribution is 6.30. The SMILES string of the molecule is OCCCc1nc2ccccc2n1CCCOc1ccc(Cl)cc1. The minimum atomic E-state index is 0.183. The Hall–Kier alpha value is -2.04. The third kappa shape index (κ3) is 4.08. The van der Waals surface area contributed by atoms with E-state index in [9.17, 15) is 0 Å². The number of para-hydroxylation sites is 2. The molecule has 2 aromatic carbocycles. The molecular formula is C19H21ClN2O2. The molecule has 1 heterocycles. The minimum absolute atomic E-state index is 0.183. The summed E-state index contributed by atoms with van der Waals surface area (Å²) in [7, 11) is 0. The maximum Gasteiger partial charge on any atom is 0.119 e. The summed E-state index contributed by atoms with van der Waals surface area (Å²) in [5.74, 6) is 1.85. The Morgan fingerprint density at radius 2 is 1.83 bits per heavy atom. The summed E-state index contributed by atoms with van der Waals surface area (Å²) >= 11 is 5.87. The number of nitrogens with zero attached hydrogens (tertiary/aromatic N) is 2. The topological polar surface area (TPSA) is 47.3 Å². The molecule has 3 rings (SSSR count). The van der Waals surface area contributed by atoms with Gasteiger partial charge in [-0.05, 0) is 49.2 Å². The van der Waals surface area contributed by atoms with Gasteiger partial charge in [0, 0.05) is 24.6 Å². The van der Waals surface area contributed by atoms with Crippen LogP contribution in [0.2, 0.25) is 5.02 Å². The van der Waals surface area contributed by atoms with Gasteiger partial charge in [-0.15, -0.1) is 0 Å². The van der Waals surface area contributed by atoms with Gasteiger partial charge in [0.05, 0.1) is 17.6 Å². The van der Waals surface area contributed by atoms with Gasteiger partial charge in [0.15, 0.2) is 0 Å². The van der Waals surface area contributed by atoms with Gasteiger partial charge in [-0.25, -0.2) is 4.98 Å². The summed E-state index contributed by atoms with van der Waals surface area (Å²) in [6.45, 7) is 1.66. The van der Waals surface area contributed by atoms with E-state index < -0.39 is 0 Å². The fourth-order valence-corrected chi connectivity index (χ4v) is 2.87. The maximum absolute atomic E-state index is 9.09. The van der Waals surface area contributed by atoms with Gasteiger partial charge in [0.2, 0.25) is 0 Å². The highest BCUT2D eigenvalue weighted by Gasteiger charge is 2.09. The molecule has 0 saturated heterocycles. The van der Waals surface area contributed by atoms with Crippen LogP contribution in [0.25, 0.3) is 11.0 Å². The third-order valence-electron chi connectivity index (χ3n) is 3.90. The second-order valence-corrected chi connectivity index (χ2v) is 6.09. The zero-order chi connectivity index (χ0) is 16.8. The van der Waals surface area contributed by atoms with E-state index in [1.807, 2.05) is 42.5 Å². The number of aliphatic hydroxyl groups excluding tert-OH is 1. The minimum Gasteiger partial charge on any atom is -0.494 e. The van der Waals surface area contributed by atoms with Crippen molar-refractivity contribution in [2.45, 2.75) is 25.8 Å². The lowest BCUT2D eigenvalue weighted by atomic mass is 10.3. The number of hydrogen-bond donors (Lipinski definition) is 1. The number of rotatable bonds is 8. The van der Waals surface area contributed by atoms with Crippen molar-refractivity contribution in [3.05, 3.63) is 59.4 Å². The Balaban J connectivity index is 1.64. The predicted molar refractivity (Wildman–Crippen MR) is 96.7 cm³/mol. The summed E-state index contributed by atoms with van der Waals surface area (Å²) in [6.07, 6.45) is 2.39. The molecule has 0 aliphatic carbocycles. The summed E-state index contributed by atoms with van der Waals surface area (Å²) in [5.41, 5.74) is 2.14. The van der Waals surface area contributed by atoms with Crippen LogP contribution in [-0.4, -0.2) is 27.9 Å². The Morgan fingerprint density at radius 3 is 2.62 bits per heavy atom. The van der Waals surface area contributed by atoms with E-state index in [0.29, 0.717) is 11.6 Å². The highest BCUT2D eigenvalue weighted by Crippen LogP contribution is 2.19. The van der Waals surface area contributed by atoms with E-state index in [2.05, 4.69) is 10.6 Å². The first-order valence-electron chi connectivity index (χ1n) is 8.21. The fourth-order valence-electron chi connectivity index (χ4n) is 2.75. The van der Waals surface area contributed by atoms with Gasteiger partial charge < -0.3 is 14.4 Å². The van der Waals surface area contributed by atoms with Gasteiger partial charge in [-0.1, -0.05) is 23.7 Å². The first-order chi connectivity index (χ1) is 11.8. The van der Waals surface area contributed by atoms with Crippen LogP contribution in [0.5, 0.6) is 5.75 Å². The number of halogens is 1. The summed E-state index contributed by atoms with van der Waals surface area (Å²) < 4.78 is 7.99. The van der Waals surface area contributed by atoms with Gasteiger partial charge >= 0.3 is 0 Å². The second-order valence-electron chi connectivity index (χ2n) is 5.65. The molecule has 3 aromatic rings. The van der Waals surface area contributed by atoms with Gasteiger partial charge in [0.1, 0.15) is 11.6 Å². The number of fused-ring (bicyclic) bond motifs is 1. The highest BCUT2D eigenvalue weighted by atomic mass is 35.5. The van der Waals surface area contributed by atoms with Crippen molar-refractivity contribution < 1.29 is 9.84 Å². The van der Waals surface area contributed by atoms with E-state index in [-0.39, 0.29) is 6.61 Å². The van der Waals surface area contributed by atoms with Crippen LogP contribution in [0, 0.1) is 0 Å². The van der Waals surface area contributed by atoms with Crippen LogP contribution in [-0.2, 0) is 13.0 Å². The number of hydrogen-bond acceptors (Lipinski definition) is 3. The van der Waals surface area contributed by atoms with Crippen LogP contribution in [0.15, 0.2) is 48.5 Å². The number of aromatic nitrogens is 2. The number of aliphatic hydroxyl groups is 1. The Bertz CT molecular complexity index is 784. The van der Waals surface area contributed by atoms with E-state index in [4.69, 9.17) is 26.4 Å². The number of ether oxygens (including phenoxy) is 1. The first kappa shape index (κ1) is 16.8. The lowest BCUT2D eigenvalue weighted by molar-refractivity contribution is 0.285. The summed E-state index contributed by atoms with van der Waals surface area (Å²) in [4.78, 5) is 4.69. The molecule has 0 aliphatic rings. The Kier molecular flexibility index (Phi) is 5.72. The molecule has 0 amide bonds. The lowest BCUT2D eigenvalue weighted by Crippen LogP contribution is -2.08. The molecule has 0 saturated carbocycles. The predicted octanol–water partition coefficient (Wildman–Crippen LogP) is 4.08.